The van der Waals surface area contributed by atoms with Gasteiger partial charge in [-0.2, -0.15) is 0 Å². The van der Waals surface area contributed by atoms with E-state index in [0.717, 1.165) is 18.1 Å². The third-order valence-corrected chi connectivity index (χ3v) is 4.29. The first-order valence-electron chi connectivity index (χ1n) is 6.74. The van der Waals surface area contributed by atoms with Gasteiger partial charge in [-0.1, -0.05) is 30.5 Å². The van der Waals surface area contributed by atoms with E-state index in [2.05, 4.69) is 18.4 Å². The monoisotopic (exact) mass is 267 g/mol. The van der Waals surface area contributed by atoms with Gasteiger partial charge in [-0.05, 0) is 49.9 Å². The van der Waals surface area contributed by atoms with Gasteiger partial charge in [0.15, 0.2) is 0 Å². The van der Waals surface area contributed by atoms with Crippen LogP contribution in [0, 0.1) is 5.92 Å². The van der Waals surface area contributed by atoms with Crippen LogP contribution in [0.15, 0.2) is 18.2 Å². The summed E-state index contributed by atoms with van der Waals surface area (Å²) in [6.45, 7) is 0. The van der Waals surface area contributed by atoms with Crippen molar-refractivity contribution in [2.75, 3.05) is 14.2 Å². The van der Waals surface area contributed by atoms with Crippen molar-refractivity contribution >= 4 is 11.6 Å². The summed E-state index contributed by atoms with van der Waals surface area (Å²) in [4.78, 5) is 0. The molecular weight excluding hydrogens is 246 g/mol. The fraction of sp³-hybridized carbons (Fsp3) is 0.600. The second kappa shape index (κ2) is 6.44. The van der Waals surface area contributed by atoms with Crippen LogP contribution in [0.1, 0.15) is 31.2 Å². The SMILES string of the molecule is CNC1CCCCC1Cc1ccc(OC)c(Cl)c1. The van der Waals surface area contributed by atoms with Crippen LogP contribution < -0.4 is 10.1 Å². The van der Waals surface area contributed by atoms with Crippen molar-refractivity contribution in [3.63, 3.8) is 0 Å². The van der Waals surface area contributed by atoms with Crippen molar-refractivity contribution in [3.8, 4) is 5.75 Å². The van der Waals surface area contributed by atoms with Gasteiger partial charge in [-0.15, -0.1) is 0 Å². The van der Waals surface area contributed by atoms with Gasteiger partial charge < -0.3 is 10.1 Å². The Hall–Kier alpha value is -0.730. The third kappa shape index (κ3) is 3.18. The van der Waals surface area contributed by atoms with E-state index >= 15 is 0 Å². The molecule has 0 saturated heterocycles. The first-order chi connectivity index (χ1) is 8.74. The summed E-state index contributed by atoms with van der Waals surface area (Å²) < 4.78 is 5.19. The molecule has 0 amide bonds. The zero-order valence-corrected chi connectivity index (χ0v) is 12.0. The number of nitrogens with one attached hydrogen (secondary N) is 1. The Labute approximate surface area is 115 Å². The molecule has 0 aliphatic heterocycles. The molecule has 18 heavy (non-hydrogen) atoms. The molecule has 0 bridgehead atoms. The molecule has 2 unspecified atom stereocenters. The second-order valence-corrected chi connectivity index (χ2v) is 5.52. The smallest absolute Gasteiger partial charge is 0.137 e. The minimum Gasteiger partial charge on any atom is -0.495 e. The van der Waals surface area contributed by atoms with Crippen LogP contribution in [0.5, 0.6) is 5.75 Å². The summed E-state index contributed by atoms with van der Waals surface area (Å²) in [6.07, 6.45) is 6.42. The van der Waals surface area contributed by atoms with E-state index in [1.807, 2.05) is 12.1 Å². The van der Waals surface area contributed by atoms with Gasteiger partial charge in [0.1, 0.15) is 5.75 Å². The Morgan fingerprint density at radius 1 is 1.33 bits per heavy atom. The van der Waals surface area contributed by atoms with Crippen LogP contribution in [-0.4, -0.2) is 20.2 Å². The van der Waals surface area contributed by atoms with Gasteiger partial charge in [-0.3, -0.25) is 0 Å². The third-order valence-electron chi connectivity index (χ3n) is 3.99. The van der Waals surface area contributed by atoms with E-state index < -0.39 is 0 Å². The summed E-state index contributed by atoms with van der Waals surface area (Å²) >= 11 is 6.18. The van der Waals surface area contributed by atoms with Crippen molar-refractivity contribution in [2.24, 2.45) is 5.92 Å². The quantitative estimate of drug-likeness (QED) is 0.899. The number of methoxy groups -OCH3 is 1. The standard InChI is InChI=1S/C15H22ClNO/c1-17-14-6-4-3-5-12(14)9-11-7-8-15(18-2)13(16)10-11/h7-8,10,12,14,17H,3-6,9H2,1-2H3. The van der Waals surface area contributed by atoms with Gasteiger partial charge in [0.2, 0.25) is 0 Å². The van der Waals surface area contributed by atoms with Gasteiger partial charge in [-0.25, -0.2) is 0 Å². The van der Waals surface area contributed by atoms with Crippen LogP contribution in [0.4, 0.5) is 0 Å². The molecular formula is C15H22ClNO. The molecule has 100 valence electrons. The number of benzene rings is 1. The Morgan fingerprint density at radius 3 is 2.78 bits per heavy atom. The summed E-state index contributed by atoms with van der Waals surface area (Å²) in [7, 11) is 3.73. The van der Waals surface area contributed by atoms with Gasteiger partial charge >= 0.3 is 0 Å². The lowest BCUT2D eigenvalue weighted by Gasteiger charge is -2.31. The van der Waals surface area contributed by atoms with Crippen molar-refractivity contribution in [1.29, 1.82) is 0 Å². The molecule has 1 aromatic rings. The van der Waals surface area contributed by atoms with Crippen LogP contribution in [0.2, 0.25) is 5.02 Å². The lowest BCUT2D eigenvalue weighted by molar-refractivity contribution is 0.272. The first-order valence-corrected chi connectivity index (χ1v) is 7.12. The highest BCUT2D eigenvalue weighted by Gasteiger charge is 2.23. The van der Waals surface area contributed by atoms with Gasteiger partial charge in [0, 0.05) is 6.04 Å². The minimum absolute atomic E-state index is 0.652. The van der Waals surface area contributed by atoms with E-state index in [1.165, 1.54) is 31.2 Å². The van der Waals surface area contributed by atoms with Crippen molar-refractivity contribution < 1.29 is 4.74 Å². The Bertz CT molecular complexity index is 394. The Balaban J connectivity index is 2.05. The molecule has 1 aliphatic carbocycles. The first kappa shape index (κ1) is 13.7. The minimum atomic E-state index is 0.652. The molecule has 2 nitrogen and oxygen atoms in total. The molecule has 1 fully saturated rings. The van der Waals surface area contributed by atoms with E-state index in [9.17, 15) is 0 Å². The van der Waals surface area contributed by atoms with Crippen LogP contribution in [0.25, 0.3) is 0 Å². The van der Waals surface area contributed by atoms with Crippen LogP contribution >= 0.6 is 11.6 Å². The molecule has 3 heteroatoms. The second-order valence-electron chi connectivity index (χ2n) is 5.11. The molecule has 1 saturated carbocycles. The van der Waals surface area contributed by atoms with Crippen molar-refractivity contribution in [3.05, 3.63) is 28.8 Å². The number of hydrogen-bond acceptors (Lipinski definition) is 2. The highest BCUT2D eigenvalue weighted by Crippen LogP contribution is 2.30. The average Bonchev–Trinajstić information content (AvgIpc) is 2.39. The summed E-state index contributed by atoms with van der Waals surface area (Å²) in [6, 6.07) is 6.79. The fourth-order valence-electron chi connectivity index (χ4n) is 2.97. The fourth-order valence-corrected chi connectivity index (χ4v) is 3.25. The lowest BCUT2D eigenvalue weighted by Crippen LogP contribution is -2.37. The zero-order valence-electron chi connectivity index (χ0n) is 11.2. The molecule has 0 aromatic heterocycles. The molecule has 0 heterocycles. The maximum atomic E-state index is 6.18. The molecule has 2 rings (SSSR count). The van der Waals surface area contributed by atoms with Crippen molar-refractivity contribution in [2.45, 2.75) is 38.1 Å². The largest absolute Gasteiger partial charge is 0.495 e. The zero-order chi connectivity index (χ0) is 13.0. The van der Waals surface area contributed by atoms with Crippen LogP contribution in [0.3, 0.4) is 0 Å². The Kier molecular flexibility index (Phi) is 4.90. The van der Waals surface area contributed by atoms with E-state index in [1.54, 1.807) is 7.11 Å². The Morgan fingerprint density at radius 2 is 2.11 bits per heavy atom. The summed E-state index contributed by atoms with van der Waals surface area (Å²) in [5.41, 5.74) is 1.31. The van der Waals surface area contributed by atoms with E-state index in [0.29, 0.717) is 11.1 Å². The van der Waals surface area contributed by atoms with Crippen LogP contribution in [-0.2, 0) is 6.42 Å². The molecule has 0 spiro atoms. The number of halogens is 1. The predicted octanol–water partition coefficient (Wildman–Crippen LogP) is 3.67. The number of rotatable bonds is 4. The molecule has 1 N–H and O–H groups in total. The number of ether oxygens (including phenoxy) is 1. The van der Waals surface area contributed by atoms with Crippen molar-refractivity contribution in [1.82, 2.24) is 5.32 Å². The topological polar surface area (TPSA) is 21.3 Å². The van der Waals surface area contributed by atoms with E-state index in [-0.39, 0.29) is 0 Å². The van der Waals surface area contributed by atoms with Gasteiger partial charge in [0.05, 0.1) is 12.1 Å². The average molecular weight is 268 g/mol. The highest BCUT2D eigenvalue weighted by atomic mass is 35.5. The lowest BCUT2D eigenvalue weighted by atomic mass is 9.81. The van der Waals surface area contributed by atoms with E-state index in [4.69, 9.17) is 16.3 Å². The normalized spacial score (nSPS) is 23.9. The van der Waals surface area contributed by atoms with Gasteiger partial charge in [0.25, 0.3) is 0 Å². The molecule has 0 radical (unpaired) electrons. The maximum absolute atomic E-state index is 6.18. The highest BCUT2D eigenvalue weighted by molar-refractivity contribution is 6.32. The molecule has 2 atom stereocenters. The molecule has 1 aromatic carbocycles. The summed E-state index contributed by atoms with van der Waals surface area (Å²) in [5.74, 6) is 1.49. The maximum Gasteiger partial charge on any atom is 0.137 e. The predicted molar refractivity (Wildman–Crippen MR) is 76.5 cm³/mol. The number of hydrogen-bond donors (Lipinski definition) is 1. The summed E-state index contributed by atoms with van der Waals surface area (Å²) in [5, 5.41) is 4.17. The molecule has 1 aliphatic rings.